The first-order chi connectivity index (χ1) is 14.2. The average molecular weight is 434 g/mol. The van der Waals surface area contributed by atoms with E-state index in [4.69, 9.17) is 21.1 Å². The first-order valence-corrected chi connectivity index (χ1v) is 9.92. The van der Waals surface area contributed by atoms with Crippen LogP contribution in [0.25, 0.3) is 0 Å². The maximum absolute atomic E-state index is 12.6. The molecule has 0 radical (unpaired) electrons. The van der Waals surface area contributed by atoms with E-state index in [1.54, 1.807) is 24.3 Å². The molecule has 2 aromatic rings. The molecule has 2 aromatic carbocycles. The number of hydrogen-bond donors (Lipinski definition) is 2. The number of amides is 2. The van der Waals surface area contributed by atoms with Gasteiger partial charge in [0.2, 0.25) is 0 Å². The summed E-state index contributed by atoms with van der Waals surface area (Å²) in [5, 5.41) is 6.15. The molecule has 0 aliphatic rings. The zero-order valence-electron chi connectivity index (χ0n) is 17.9. The zero-order valence-corrected chi connectivity index (χ0v) is 18.7. The van der Waals surface area contributed by atoms with Gasteiger partial charge >= 0.3 is 0 Å². The Morgan fingerprint density at radius 3 is 2.43 bits per heavy atom. The average Bonchev–Trinajstić information content (AvgIpc) is 2.67. The van der Waals surface area contributed by atoms with Crippen molar-refractivity contribution in [2.45, 2.75) is 26.4 Å². The van der Waals surface area contributed by atoms with Gasteiger partial charge in [-0.1, -0.05) is 17.7 Å². The molecular formula is C22H28ClN3O4. The highest BCUT2D eigenvalue weighted by atomic mass is 35.5. The van der Waals surface area contributed by atoms with Gasteiger partial charge in [-0.2, -0.15) is 0 Å². The summed E-state index contributed by atoms with van der Waals surface area (Å²) in [6, 6.07) is 10.2. The SMILES string of the molecule is COc1cc(C(=O)Nc2ccc(CN(C)C)c(Cl)c2)ccc1OCC(=O)NC(C)C. The van der Waals surface area contributed by atoms with Crippen molar-refractivity contribution in [2.75, 3.05) is 33.1 Å². The van der Waals surface area contributed by atoms with Crippen LogP contribution in [0.2, 0.25) is 5.02 Å². The van der Waals surface area contributed by atoms with Gasteiger partial charge in [-0.05, 0) is 63.8 Å². The molecule has 0 spiro atoms. The number of hydrogen-bond acceptors (Lipinski definition) is 5. The fourth-order valence-electron chi connectivity index (χ4n) is 2.73. The Morgan fingerprint density at radius 1 is 1.10 bits per heavy atom. The number of anilines is 1. The Kier molecular flexibility index (Phi) is 8.50. The molecular weight excluding hydrogens is 406 g/mol. The van der Waals surface area contributed by atoms with E-state index in [0.717, 1.165) is 5.56 Å². The van der Waals surface area contributed by atoms with Gasteiger partial charge in [0, 0.05) is 28.9 Å². The maximum atomic E-state index is 12.6. The van der Waals surface area contributed by atoms with E-state index in [1.165, 1.54) is 7.11 Å². The van der Waals surface area contributed by atoms with Crippen LogP contribution in [0, 0.1) is 0 Å². The van der Waals surface area contributed by atoms with E-state index in [0.29, 0.717) is 34.3 Å². The second kappa shape index (κ2) is 10.8. The molecule has 2 N–H and O–H groups in total. The van der Waals surface area contributed by atoms with E-state index < -0.39 is 0 Å². The van der Waals surface area contributed by atoms with E-state index in [9.17, 15) is 9.59 Å². The second-order valence-electron chi connectivity index (χ2n) is 7.37. The van der Waals surface area contributed by atoms with Gasteiger partial charge in [-0.15, -0.1) is 0 Å². The number of rotatable bonds is 9. The van der Waals surface area contributed by atoms with Crippen LogP contribution in [0.5, 0.6) is 11.5 Å². The van der Waals surface area contributed by atoms with Gasteiger partial charge in [0.15, 0.2) is 18.1 Å². The largest absolute Gasteiger partial charge is 0.493 e. The molecule has 2 rings (SSSR count). The Balaban J connectivity index is 2.07. The molecule has 162 valence electrons. The van der Waals surface area contributed by atoms with Crippen LogP contribution in [-0.2, 0) is 11.3 Å². The molecule has 2 amide bonds. The Bertz CT molecular complexity index is 900. The zero-order chi connectivity index (χ0) is 22.3. The Morgan fingerprint density at radius 2 is 1.83 bits per heavy atom. The third kappa shape index (κ3) is 6.93. The predicted molar refractivity (Wildman–Crippen MR) is 119 cm³/mol. The lowest BCUT2D eigenvalue weighted by Gasteiger charge is -2.14. The van der Waals surface area contributed by atoms with Crippen molar-refractivity contribution in [3.05, 3.63) is 52.5 Å². The number of carbonyl (C=O) groups excluding carboxylic acids is 2. The van der Waals surface area contributed by atoms with Crippen LogP contribution < -0.4 is 20.1 Å². The highest BCUT2D eigenvalue weighted by molar-refractivity contribution is 6.31. The summed E-state index contributed by atoms with van der Waals surface area (Å²) >= 11 is 6.32. The van der Waals surface area contributed by atoms with Crippen molar-refractivity contribution >= 4 is 29.1 Å². The van der Waals surface area contributed by atoms with E-state index >= 15 is 0 Å². The Hall–Kier alpha value is -2.77. The number of nitrogens with zero attached hydrogens (tertiary/aromatic N) is 1. The van der Waals surface area contributed by atoms with Crippen molar-refractivity contribution < 1.29 is 19.1 Å². The molecule has 8 heteroatoms. The van der Waals surface area contributed by atoms with Gasteiger partial charge in [-0.25, -0.2) is 0 Å². The number of halogens is 1. The lowest BCUT2D eigenvalue weighted by Crippen LogP contribution is -2.34. The predicted octanol–water partition coefficient (Wildman–Crippen LogP) is 3.57. The molecule has 0 saturated carbocycles. The van der Waals surface area contributed by atoms with Crippen molar-refractivity contribution in [3.63, 3.8) is 0 Å². The fourth-order valence-corrected chi connectivity index (χ4v) is 2.97. The number of nitrogens with one attached hydrogen (secondary N) is 2. The van der Waals surface area contributed by atoms with Crippen molar-refractivity contribution in [1.82, 2.24) is 10.2 Å². The van der Waals surface area contributed by atoms with Crippen molar-refractivity contribution in [2.24, 2.45) is 0 Å². The van der Waals surface area contributed by atoms with E-state index in [1.807, 2.05) is 45.0 Å². The van der Waals surface area contributed by atoms with E-state index in [2.05, 4.69) is 10.6 Å². The molecule has 0 aliphatic carbocycles. The summed E-state index contributed by atoms with van der Waals surface area (Å²) in [5.74, 6) is 0.195. The van der Waals surface area contributed by atoms with Gasteiger partial charge in [0.25, 0.3) is 11.8 Å². The lowest BCUT2D eigenvalue weighted by atomic mass is 10.1. The van der Waals surface area contributed by atoms with Crippen LogP contribution in [0.15, 0.2) is 36.4 Å². The number of ether oxygens (including phenoxy) is 2. The number of benzene rings is 2. The fraction of sp³-hybridized carbons (Fsp3) is 0.364. The standard InChI is InChI=1S/C22H28ClN3O4/c1-14(2)24-21(27)13-30-19-9-7-15(10-20(19)29-5)22(28)25-17-8-6-16(12-26(3)4)18(23)11-17/h6-11,14H,12-13H2,1-5H3,(H,24,27)(H,25,28). The Labute approximate surface area is 182 Å². The van der Waals surface area contributed by atoms with E-state index in [-0.39, 0.29) is 24.5 Å². The highest BCUT2D eigenvalue weighted by Gasteiger charge is 2.14. The van der Waals surface area contributed by atoms with Gasteiger partial charge < -0.3 is 25.0 Å². The molecule has 0 aliphatic heterocycles. The minimum Gasteiger partial charge on any atom is -0.493 e. The van der Waals surface area contributed by atoms with Crippen molar-refractivity contribution in [3.8, 4) is 11.5 Å². The van der Waals surface area contributed by atoms with Crippen LogP contribution in [0.4, 0.5) is 5.69 Å². The molecule has 0 unspecified atom stereocenters. The first kappa shape index (κ1) is 23.5. The van der Waals surface area contributed by atoms with Crippen LogP contribution >= 0.6 is 11.6 Å². The molecule has 0 fully saturated rings. The molecule has 0 bridgehead atoms. The number of methoxy groups -OCH3 is 1. The second-order valence-corrected chi connectivity index (χ2v) is 7.78. The quantitative estimate of drug-likeness (QED) is 0.632. The molecule has 0 atom stereocenters. The molecule has 7 nitrogen and oxygen atoms in total. The topological polar surface area (TPSA) is 79.9 Å². The monoisotopic (exact) mass is 433 g/mol. The van der Waals surface area contributed by atoms with Crippen LogP contribution in [-0.4, -0.2) is 50.6 Å². The molecule has 0 saturated heterocycles. The van der Waals surface area contributed by atoms with Crippen LogP contribution in [0.1, 0.15) is 29.8 Å². The summed E-state index contributed by atoms with van der Waals surface area (Å²) < 4.78 is 10.8. The maximum Gasteiger partial charge on any atom is 0.258 e. The van der Waals surface area contributed by atoms with Crippen molar-refractivity contribution in [1.29, 1.82) is 0 Å². The molecule has 0 heterocycles. The summed E-state index contributed by atoms with van der Waals surface area (Å²) in [4.78, 5) is 26.4. The molecule has 30 heavy (non-hydrogen) atoms. The minimum atomic E-state index is -0.311. The first-order valence-electron chi connectivity index (χ1n) is 9.54. The van der Waals surface area contributed by atoms with Gasteiger partial charge in [-0.3, -0.25) is 9.59 Å². The summed E-state index contributed by atoms with van der Waals surface area (Å²) in [7, 11) is 5.40. The molecule has 0 aromatic heterocycles. The summed E-state index contributed by atoms with van der Waals surface area (Å²) in [6.45, 7) is 4.31. The summed E-state index contributed by atoms with van der Waals surface area (Å²) in [5.41, 5.74) is 1.96. The smallest absolute Gasteiger partial charge is 0.258 e. The minimum absolute atomic E-state index is 0.0273. The van der Waals surface area contributed by atoms with Gasteiger partial charge in [0.05, 0.1) is 7.11 Å². The normalized spacial score (nSPS) is 10.8. The number of carbonyl (C=O) groups is 2. The van der Waals surface area contributed by atoms with Crippen LogP contribution in [0.3, 0.4) is 0 Å². The van der Waals surface area contributed by atoms with Gasteiger partial charge in [0.1, 0.15) is 0 Å². The summed E-state index contributed by atoms with van der Waals surface area (Å²) in [6.07, 6.45) is 0. The third-order valence-electron chi connectivity index (χ3n) is 4.03. The highest BCUT2D eigenvalue weighted by Crippen LogP contribution is 2.29. The lowest BCUT2D eigenvalue weighted by molar-refractivity contribution is -0.123. The third-order valence-corrected chi connectivity index (χ3v) is 4.38.